The normalized spacial score (nSPS) is 29.0. The molecule has 0 bridgehead atoms. The molecule has 3 rings (SSSR count). The third-order valence-electron chi connectivity index (χ3n) is 4.73. The molecule has 110 valence electrons. The third kappa shape index (κ3) is 2.23. The molecule has 1 aromatic carbocycles. The van der Waals surface area contributed by atoms with E-state index in [4.69, 9.17) is 9.47 Å². The Balaban J connectivity index is 1.88. The highest BCUT2D eigenvalue weighted by Crippen LogP contribution is 2.42. The lowest BCUT2D eigenvalue weighted by Gasteiger charge is -2.24. The minimum atomic E-state index is -0.441. The molecule has 3 heteroatoms. The molecular formula is C17H24O3. The van der Waals surface area contributed by atoms with E-state index in [2.05, 4.69) is 26.8 Å². The van der Waals surface area contributed by atoms with Crippen LogP contribution in [0.4, 0.5) is 0 Å². The molecule has 0 radical (unpaired) electrons. The van der Waals surface area contributed by atoms with E-state index in [0.29, 0.717) is 6.61 Å². The fourth-order valence-corrected chi connectivity index (χ4v) is 3.42. The Hall–Kier alpha value is -1.06. The lowest BCUT2D eigenvalue weighted by Crippen LogP contribution is -2.22. The summed E-state index contributed by atoms with van der Waals surface area (Å²) in [4.78, 5) is 0. The first-order chi connectivity index (χ1) is 9.53. The van der Waals surface area contributed by atoms with Gasteiger partial charge in [-0.05, 0) is 30.5 Å². The SMILES string of the molecule is CCC1OCCC1C(O)c1ccc2c(c1)C(C)(C)CO2. The minimum Gasteiger partial charge on any atom is -0.492 e. The lowest BCUT2D eigenvalue weighted by molar-refractivity contribution is 0.0307. The lowest BCUT2D eigenvalue weighted by atomic mass is 9.83. The van der Waals surface area contributed by atoms with Gasteiger partial charge in [0.05, 0.1) is 18.8 Å². The van der Waals surface area contributed by atoms with Gasteiger partial charge in [0.25, 0.3) is 0 Å². The maximum Gasteiger partial charge on any atom is 0.123 e. The predicted octanol–water partition coefficient (Wildman–Crippen LogP) is 3.21. The first-order valence-corrected chi connectivity index (χ1v) is 7.60. The van der Waals surface area contributed by atoms with Gasteiger partial charge < -0.3 is 14.6 Å². The van der Waals surface area contributed by atoms with Crippen molar-refractivity contribution in [1.29, 1.82) is 0 Å². The molecule has 3 nitrogen and oxygen atoms in total. The molecule has 0 amide bonds. The molecule has 1 aromatic rings. The van der Waals surface area contributed by atoms with Gasteiger partial charge >= 0.3 is 0 Å². The summed E-state index contributed by atoms with van der Waals surface area (Å²) in [7, 11) is 0. The van der Waals surface area contributed by atoms with Crippen molar-refractivity contribution in [2.24, 2.45) is 5.92 Å². The topological polar surface area (TPSA) is 38.7 Å². The number of rotatable bonds is 3. The average Bonchev–Trinajstić information content (AvgIpc) is 3.03. The summed E-state index contributed by atoms with van der Waals surface area (Å²) in [6, 6.07) is 6.12. The molecule has 20 heavy (non-hydrogen) atoms. The van der Waals surface area contributed by atoms with Crippen LogP contribution in [0.3, 0.4) is 0 Å². The van der Waals surface area contributed by atoms with Gasteiger partial charge in [0.2, 0.25) is 0 Å². The maximum atomic E-state index is 10.7. The van der Waals surface area contributed by atoms with Gasteiger partial charge in [-0.15, -0.1) is 0 Å². The average molecular weight is 276 g/mol. The highest BCUT2D eigenvalue weighted by molar-refractivity contribution is 5.45. The molecule has 1 saturated heterocycles. The van der Waals surface area contributed by atoms with Crippen LogP contribution in [0.5, 0.6) is 5.75 Å². The van der Waals surface area contributed by atoms with Crippen LogP contribution < -0.4 is 4.74 Å². The Kier molecular flexibility index (Phi) is 3.51. The van der Waals surface area contributed by atoms with E-state index in [0.717, 1.165) is 30.8 Å². The summed E-state index contributed by atoms with van der Waals surface area (Å²) in [6.45, 7) is 7.96. The van der Waals surface area contributed by atoms with Crippen molar-refractivity contribution < 1.29 is 14.6 Å². The largest absolute Gasteiger partial charge is 0.492 e. The third-order valence-corrected chi connectivity index (χ3v) is 4.73. The number of benzene rings is 1. The van der Waals surface area contributed by atoms with Crippen LogP contribution in [0.1, 0.15) is 50.8 Å². The summed E-state index contributed by atoms with van der Waals surface area (Å²) >= 11 is 0. The summed E-state index contributed by atoms with van der Waals surface area (Å²) in [6.07, 6.45) is 1.64. The Labute approximate surface area is 120 Å². The fraction of sp³-hybridized carbons (Fsp3) is 0.647. The zero-order valence-electron chi connectivity index (χ0n) is 12.6. The van der Waals surface area contributed by atoms with Crippen LogP contribution in [0.15, 0.2) is 18.2 Å². The van der Waals surface area contributed by atoms with E-state index in [1.807, 2.05) is 12.1 Å². The van der Waals surface area contributed by atoms with Crippen LogP contribution in [0, 0.1) is 5.92 Å². The van der Waals surface area contributed by atoms with Crippen LogP contribution in [-0.4, -0.2) is 24.4 Å². The van der Waals surface area contributed by atoms with Crippen LogP contribution in [0.2, 0.25) is 0 Å². The maximum absolute atomic E-state index is 10.7. The number of hydrogen-bond donors (Lipinski definition) is 1. The number of aliphatic hydroxyl groups is 1. The van der Waals surface area contributed by atoms with Gasteiger partial charge in [-0.2, -0.15) is 0 Å². The van der Waals surface area contributed by atoms with Crippen molar-refractivity contribution in [3.05, 3.63) is 29.3 Å². The quantitative estimate of drug-likeness (QED) is 0.921. The fourth-order valence-electron chi connectivity index (χ4n) is 3.42. The van der Waals surface area contributed by atoms with Crippen molar-refractivity contribution in [1.82, 2.24) is 0 Å². The van der Waals surface area contributed by atoms with Crippen LogP contribution >= 0.6 is 0 Å². The molecule has 1 N–H and O–H groups in total. The standard InChI is InChI=1S/C17H24O3/c1-4-14-12(7-8-19-14)16(18)11-5-6-15-13(9-11)17(2,3)10-20-15/h5-6,9,12,14,16,18H,4,7-8,10H2,1-3H3. The summed E-state index contributed by atoms with van der Waals surface area (Å²) < 4.78 is 11.4. The van der Waals surface area contributed by atoms with Crippen molar-refractivity contribution in [2.45, 2.75) is 51.2 Å². The second-order valence-electron chi connectivity index (χ2n) is 6.64. The van der Waals surface area contributed by atoms with Gasteiger partial charge in [-0.1, -0.05) is 26.8 Å². The minimum absolute atomic E-state index is 0.0292. The second kappa shape index (κ2) is 5.05. The molecular weight excluding hydrogens is 252 g/mol. The van der Waals surface area contributed by atoms with E-state index >= 15 is 0 Å². The first kappa shape index (κ1) is 13.9. The van der Waals surface area contributed by atoms with E-state index < -0.39 is 6.10 Å². The molecule has 2 aliphatic heterocycles. The Morgan fingerprint density at radius 3 is 2.95 bits per heavy atom. The molecule has 0 saturated carbocycles. The van der Waals surface area contributed by atoms with Gasteiger partial charge in [0.15, 0.2) is 0 Å². The van der Waals surface area contributed by atoms with Gasteiger partial charge in [-0.3, -0.25) is 0 Å². The Morgan fingerprint density at radius 1 is 1.40 bits per heavy atom. The van der Waals surface area contributed by atoms with Crippen LogP contribution in [-0.2, 0) is 10.2 Å². The summed E-state index contributed by atoms with van der Waals surface area (Å²) in [5.74, 6) is 1.17. The smallest absolute Gasteiger partial charge is 0.123 e. The van der Waals surface area contributed by atoms with E-state index in [1.54, 1.807) is 0 Å². The van der Waals surface area contributed by atoms with Gasteiger partial charge in [0, 0.05) is 23.5 Å². The van der Waals surface area contributed by atoms with Gasteiger partial charge in [-0.25, -0.2) is 0 Å². The number of fused-ring (bicyclic) bond motifs is 1. The van der Waals surface area contributed by atoms with Crippen molar-refractivity contribution in [3.63, 3.8) is 0 Å². The summed E-state index contributed by atoms with van der Waals surface area (Å²) in [5, 5.41) is 10.7. The van der Waals surface area contributed by atoms with E-state index in [1.165, 1.54) is 5.56 Å². The molecule has 2 aliphatic rings. The van der Waals surface area contributed by atoms with E-state index in [9.17, 15) is 5.11 Å². The Morgan fingerprint density at radius 2 is 2.20 bits per heavy atom. The highest BCUT2D eigenvalue weighted by atomic mass is 16.5. The summed E-state index contributed by atoms with van der Waals surface area (Å²) in [5.41, 5.74) is 2.23. The predicted molar refractivity (Wildman–Crippen MR) is 78.1 cm³/mol. The first-order valence-electron chi connectivity index (χ1n) is 7.60. The molecule has 2 heterocycles. The zero-order chi connectivity index (χ0) is 14.3. The molecule has 0 aliphatic carbocycles. The van der Waals surface area contributed by atoms with E-state index in [-0.39, 0.29) is 17.4 Å². The molecule has 0 aromatic heterocycles. The molecule has 0 spiro atoms. The zero-order valence-corrected chi connectivity index (χ0v) is 12.6. The Bertz CT molecular complexity index is 495. The van der Waals surface area contributed by atoms with Crippen LogP contribution in [0.25, 0.3) is 0 Å². The van der Waals surface area contributed by atoms with Gasteiger partial charge in [0.1, 0.15) is 5.75 Å². The monoisotopic (exact) mass is 276 g/mol. The molecule has 3 unspecified atom stereocenters. The number of ether oxygens (including phenoxy) is 2. The van der Waals surface area contributed by atoms with Crippen molar-refractivity contribution >= 4 is 0 Å². The second-order valence-corrected chi connectivity index (χ2v) is 6.64. The number of hydrogen-bond acceptors (Lipinski definition) is 3. The molecule has 1 fully saturated rings. The molecule has 3 atom stereocenters. The highest BCUT2D eigenvalue weighted by Gasteiger charge is 2.36. The van der Waals surface area contributed by atoms with Crippen molar-refractivity contribution in [2.75, 3.05) is 13.2 Å². The number of aliphatic hydroxyl groups excluding tert-OH is 1. The van der Waals surface area contributed by atoms with Crippen molar-refractivity contribution in [3.8, 4) is 5.75 Å².